The quantitative estimate of drug-likeness (QED) is 0.860. The number of rotatable bonds is 3. The molecule has 2 rings (SSSR count). The molecule has 5 heteroatoms. The van der Waals surface area contributed by atoms with E-state index in [4.69, 9.17) is 18.0 Å². The van der Waals surface area contributed by atoms with Gasteiger partial charge in [-0.1, -0.05) is 17.5 Å². The summed E-state index contributed by atoms with van der Waals surface area (Å²) in [5, 5.41) is 3.07. The second kappa shape index (κ2) is 5.17. The van der Waals surface area contributed by atoms with Gasteiger partial charge in [0.2, 0.25) is 0 Å². The van der Waals surface area contributed by atoms with Crippen molar-refractivity contribution in [2.75, 3.05) is 5.32 Å². The number of nitrogens with one attached hydrogen (secondary N) is 1. The Bertz CT molecular complexity index is 574. The van der Waals surface area contributed by atoms with Gasteiger partial charge in [-0.25, -0.2) is 9.37 Å². The first-order valence-electron chi connectivity index (χ1n) is 4.79. The Morgan fingerprint density at radius 1 is 1.53 bits per heavy atom. The highest BCUT2D eigenvalue weighted by Gasteiger charge is 2.02. The number of halogens is 2. The molecular weight excluding hydrogens is 259 g/mol. The molecule has 1 aromatic heterocycles. The molecule has 0 saturated heterocycles. The zero-order chi connectivity index (χ0) is 12.3. The Hall–Kier alpha value is -1.57. The second-order valence-corrected chi connectivity index (χ2v) is 4.97. The lowest BCUT2D eigenvalue weighted by molar-refractivity contribution is 0.625. The number of aromatic nitrogens is 1. The van der Waals surface area contributed by atoms with Crippen LogP contribution in [0.2, 0.25) is 4.47 Å². The summed E-state index contributed by atoms with van der Waals surface area (Å²) in [6, 6.07) is 4.68. The summed E-state index contributed by atoms with van der Waals surface area (Å²) in [4.78, 5) is 4.90. The number of anilines is 1. The zero-order valence-electron chi connectivity index (χ0n) is 8.71. The van der Waals surface area contributed by atoms with Gasteiger partial charge in [0.15, 0.2) is 4.47 Å². The molecule has 1 N–H and O–H groups in total. The molecule has 0 atom stereocenters. The van der Waals surface area contributed by atoms with Crippen molar-refractivity contribution in [2.24, 2.45) is 0 Å². The van der Waals surface area contributed by atoms with Crippen molar-refractivity contribution in [1.29, 1.82) is 0 Å². The van der Waals surface area contributed by atoms with Crippen molar-refractivity contribution in [1.82, 2.24) is 4.98 Å². The third-order valence-corrected chi connectivity index (χ3v) is 3.23. The first-order valence-corrected chi connectivity index (χ1v) is 5.98. The van der Waals surface area contributed by atoms with Crippen molar-refractivity contribution in [3.8, 4) is 12.3 Å². The van der Waals surface area contributed by atoms with E-state index in [-0.39, 0.29) is 5.56 Å². The lowest BCUT2D eigenvalue weighted by Gasteiger charge is -2.05. The van der Waals surface area contributed by atoms with Gasteiger partial charge in [-0.3, -0.25) is 0 Å². The topological polar surface area (TPSA) is 24.9 Å². The van der Waals surface area contributed by atoms with Crippen LogP contribution in [0.3, 0.4) is 0 Å². The van der Waals surface area contributed by atoms with Gasteiger partial charge in [-0.05, 0) is 18.2 Å². The highest BCUT2D eigenvalue weighted by Crippen LogP contribution is 2.20. The Kier molecular flexibility index (Phi) is 3.62. The molecule has 0 aliphatic rings. The van der Waals surface area contributed by atoms with Gasteiger partial charge >= 0.3 is 0 Å². The van der Waals surface area contributed by atoms with Crippen LogP contribution in [0.15, 0.2) is 24.4 Å². The molecule has 0 spiro atoms. The van der Waals surface area contributed by atoms with Crippen LogP contribution >= 0.6 is 22.9 Å². The van der Waals surface area contributed by atoms with E-state index in [0.717, 1.165) is 4.88 Å². The molecule has 2 aromatic rings. The summed E-state index contributed by atoms with van der Waals surface area (Å²) in [5.41, 5.74) is 0.933. The molecule has 1 aromatic carbocycles. The highest BCUT2D eigenvalue weighted by molar-refractivity contribution is 7.15. The average molecular weight is 267 g/mol. The van der Waals surface area contributed by atoms with Gasteiger partial charge in [0.1, 0.15) is 5.82 Å². The van der Waals surface area contributed by atoms with Crippen LogP contribution in [0.1, 0.15) is 10.4 Å². The van der Waals surface area contributed by atoms with Crippen LogP contribution < -0.4 is 5.32 Å². The van der Waals surface area contributed by atoms with Crippen molar-refractivity contribution < 1.29 is 4.39 Å². The van der Waals surface area contributed by atoms with E-state index in [0.29, 0.717) is 16.7 Å². The van der Waals surface area contributed by atoms with Crippen LogP contribution in [-0.4, -0.2) is 4.98 Å². The molecular formula is C12H8ClFN2S. The Balaban J connectivity index is 2.05. The number of nitrogens with zero attached hydrogens (tertiary/aromatic N) is 1. The maximum Gasteiger partial charge on any atom is 0.183 e. The summed E-state index contributed by atoms with van der Waals surface area (Å²) in [6.07, 6.45) is 6.82. The van der Waals surface area contributed by atoms with Gasteiger partial charge in [0.05, 0.1) is 12.1 Å². The fourth-order valence-corrected chi connectivity index (χ4v) is 2.21. The van der Waals surface area contributed by atoms with Crippen LogP contribution in [0, 0.1) is 18.2 Å². The number of hydrogen-bond donors (Lipinski definition) is 1. The van der Waals surface area contributed by atoms with E-state index in [9.17, 15) is 4.39 Å². The fraction of sp³-hybridized carbons (Fsp3) is 0.0833. The van der Waals surface area contributed by atoms with Crippen molar-refractivity contribution in [2.45, 2.75) is 6.54 Å². The molecule has 0 aliphatic heterocycles. The monoisotopic (exact) mass is 266 g/mol. The minimum atomic E-state index is -0.403. The van der Waals surface area contributed by atoms with Crippen LogP contribution in [0.25, 0.3) is 0 Å². The average Bonchev–Trinajstić information content (AvgIpc) is 2.73. The molecule has 2 nitrogen and oxygen atoms in total. The van der Waals surface area contributed by atoms with Crippen LogP contribution in [0.4, 0.5) is 10.1 Å². The van der Waals surface area contributed by atoms with E-state index in [1.165, 1.54) is 17.4 Å². The summed E-state index contributed by atoms with van der Waals surface area (Å²) in [5.74, 6) is 1.87. The lowest BCUT2D eigenvalue weighted by atomic mass is 10.2. The number of terminal acetylenes is 1. The predicted molar refractivity (Wildman–Crippen MR) is 68.8 cm³/mol. The summed E-state index contributed by atoms with van der Waals surface area (Å²) < 4.78 is 13.9. The standard InChI is InChI=1S/C12H8ClFN2S/c1-2-8-3-4-9(5-11(8)14)15-6-10-7-16-12(13)17-10/h1,3-5,7,15H,6H2. The largest absolute Gasteiger partial charge is 0.380 e. The Morgan fingerprint density at radius 2 is 2.35 bits per heavy atom. The van der Waals surface area contributed by atoms with Gasteiger partial charge in [-0.15, -0.1) is 17.8 Å². The minimum absolute atomic E-state index is 0.261. The van der Waals surface area contributed by atoms with E-state index >= 15 is 0 Å². The van der Waals surface area contributed by atoms with Gasteiger partial charge in [-0.2, -0.15) is 0 Å². The predicted octanol–water partition coefficient (Wildman–Crippen LogP) is 3.53. The molecule has 1 heterocycles. The van der Waals surface area contributed by atoms with Crippen molar-refractivity contribution in [3.63, 3.8) is 0 Å². The summed E-state index contributed by atoms with van der Waals surface area (Å²) >= 11 is 7.09. The Labute approximate surface area is 107 Å². The fourth-order valence-electron chi connectivity index (χ4n) is 1.30. The Morgan fingerprint density at radius 3 is 2.94 bits per heavy atom. The normalized spacial score (nSPS) is 9.94. The minimum Gasteiger partial charge on any atom is -0.380 e. The van der Waals surface area contributed by atoms with Gasteiger partial charge in [0.25, 0.3) is 0 Å². The molecule has 17 heavy (non-hydrogen) atoms. The summed E-state index contributed by atoms with van der Waals surface area (Å²) in [7, 11) is 0. The zero-order valence-corrected chi connectivity index (χ0v) is 10.3. The maximum atomic E-state index is 13.4. The van der Waals surface area contributed by atoms with E-state index in [2.05, 4.69) is 16.2 Å². The van der Waals surface area contributed by atoms with E-state index in [1.807, 2.05) is 0 Å². The van der Waals surface area contributed by atoms with Crippen LogP contribution in [-0.2, 0) is 6.54 Å². The molecule has 0 aliphatic carbocycles. The van der Waals surface area contributed by atoms with E-state index < -0.39 is 5.82 Å². The van der Waals surface area contributed by atoms with E-state index in [1.54, 1.807) is 18.3 Å². The first-order chi connectivity index (χ1) is 8.19. The molecule has 0 amide bonds. The lowest BCUT2D eigenvalue weighted by Crippen LogP contribution is -1.98. The summed E-state index contributed by atoms with van der Waals surface area (Å²) in [6.45, 7) is 0.555. The van der Waals surface area contributed by atoms with Gasteiger partial charge < -0.3 is 5.32 Å². The SMILES string of the molecule is C#Cc1ccc(NCc2cnc(Cl)s2)cc1F. The third kappa shape index (κ3) is 2.96. The second-order valence-electron chi connectivity index (χ2n) is 3.27. The van der Waals surface area contributed by atoms with Crippen molar-refractivity contribution >= 4 is 28.6 Å². The molecule has 0 unspecified atom stereocenters. The molecule has 0 bridgehead atoms. The molecule has 0 radical (unpaired) electrons. The first kappa shape index (κ1) is 11.9. The molecule has 0 fully saturated rings. The number of benzene rings is 1. The number of thiazole rings is 1. The maximum absolute atomic E-state index is 13.4. The molecule has 86 valence electrons. The smallest absolute Gasteiger partial charge is 0.183 e. The van der Waals surface area contributed by atoms with Crippen LogP contribution in [0.5, 0.6) is 0 Å². The van der Waals surface area contributed by atoms with Crippen molar-refractivity contribution in [3.05, 3.63) is 45.1 Å². The third-order valence-electron chi connectivity index (χ3n) is 2.12. The highest BCUT2D eigenvalue weighted by atomic mass is 35.5. The molecule has 0 saturated carbocycles. The van der Waals surface area contributed by atoms with Gasteiger partial charge in [0, 0.05) is 16.8 Å². The number of hydrogen-bond acceptors (Lipinski definition) is 3.